The summed E-state index contributed by atoms with van der Waals surface area (Å²) in [5.41, 5.74) is 5.69. The van der Waals surface area contributed by atoms with Gasteiger partial charge in [-0.3, -0.25) is 4.79 Å². The van der Waals surface area contributed by atoms with Crippen molar-refractivity contribution in [1.82, 2.24) is 4.57 Å². The number of benzene rings is 1. The van der Waals surface area contributed by atoms with Crippen LogP contribution < -0.4 is 16.1 Å². The molecule has 0 radical (unpaired) electrons. The number of carboxylic acid groups (broad SMARTS) is 1. The van der Waals surface area contributed by atoms with Gasteiger partial charge in [-0.15, -0.1) is 12.4 Å². The molecule has 0 bridgehead atoms. The van der Waals surface area contributed by atoms with Crippen molar-refractivity contribution in [3.63, 3.8) is 0 Å². The Kier molecular flexibility index (Phi) is 5.89. The van der Waals surface area contributed by atoms with Crippen molar-refractivity contribution in [3.8, 4) is 0 Å². The van der Waals surface area contributed by atoms with Crippen molar-refractivity contribution in [2.45, 2.75) is 44.2 Å². The van der Waals surface area contributed by atoms with E-state index in [0.717, 1.165) is 38.2 Å². The first kappa shape index (κ1) is 20.9. The molecule has 1 aromatic carbocycles. The summed E-state index contributed by atoms with van der Waals surface area (Å²) < 4.78 is 16.7. The Balaban J connectivity index is 0.00000225. The van der Waals surface area contributed by atoms with E-state index in [1.54, 1.807) is 4.57 Å². The van der Waals surface area contributed by atoms with Crippen LogP contribution in [0.2, 0.25) is 5.02 Å². The lowest BCUT2D eigenvalue weighted by molar-refractivity contribution is 0.0695. The molecule has 3 N–H and O–H groups in total. The quantitative estimate of drug-likeness (QED) is 0.778. The van der Waals surface area contributed by atoms with Crippen molar-refractivity contribution in [2.24, 2.45) is 5.73 Å². The monoisotopic (exact) mass is 429 g/mol. The zero-order chi connectivity index (χ0) is 19.3. The summed E-state index contributed by atoms with van der Waals surface area (Å²) in [6.45, 7) is 1.12. The van der Waals surface area contributed by atoms with Crippen molar-refractivity contribution in [2.75, 3.05) is 18.0 Å². The third-order valence-corrected chi connectivity index (χ3v) is 5.74. The zero-order valence-electron chi connectivity index (χ0n) is 15.2. The lowest BCUT2D eigenvalue weighted by Gasteiger charge is -2.27. The number of carbonyl (C=O) groups is 1. The second-order valence-electron chi connectivity index (χ2n) is 7.43. The lowest BCUT2D eigenvalue weighted by Crippen LogP contribution is -2.36. The third-order valence-electron chi connectivity index (χ3n) is 5.38. The van der Waals surface area contributed by atoms with Crippen LogP contribution in [-0.2, 0) is 0 Å². The first-order valence-electron chi connectivity index (χ1n) is 9.19. The topological polar surface area (TPSA) is 88.6 Å². The van der Waals surface area contributed by atoms with E-state index in [9.17, 15) is 14.7 Å². The smallest absolute Gasteiger partial charge is 0.341 e. The van der Waals surface area contributed by atoms with Crippen LogP contribution >= 0.6 is 24.0 Å². The maximum Gasteiger partial charge on any atom is 0.341 e. The second kappa shape index (κ2) is 7.89. The van der Waals surface area contributed by atoms with Gasteiger partial charge in [-0.25, -0.2) is 9.18 Å². The molecule has 2 fully saturated rings. The van der Waals surface area contributed by atoms with Crippen molar-refractivity contribution >= 4 is 46.6 Å². The van der Waals surface area contributed by atoms with Gasteiger partial charge in [0.15, 0.2) is 0 Å². The molecule has 2 aliphatic rings. The molecule has 1 saturated heterocycles. The number of halogens is 3. The minimum absolute atomic E-state index is 0. The summed E-state index contributed by atoms with van der Waals surface area (Å²) in [5, 5.41) is 9.51. The summed E-state index contributed by atoms with van der Waals surface area (Å²) in [4.78, 5) is 25.9. The predicted octanol–water partition coefficient (Wildman–Crippen LogP) is 3.57. The fourth-order valence-electron chi connectivity index (χ4n) is 3.89. The number of aromatic nitrogens is 1. The second-order valence-corrected chi connectivity index (χ2v) is 7.81. The molecule has 28 heavy (non-hydrogen) atoms. The normalized spacial score (nSPS) is 20.0. The summed E-state index contributed by atoms with van der Waals surface area (Å²) in [6.07, 6.45) is 5.81. The van der Waals surface area contributed by atoms with Crippen LogP contribution in [0.4, 0.5) is 10.1 Å². The van der Waals surface area contributed by atoms with E-state index in [4.69, 9.17) is 17.3 Å². The molecule has 2 aromatic rings. The standard InChI is InChI=1S/C19H21ClFN3O3.ClH/c20-15-16-12(18(25)13(19(26)27)9-24(16)11-4-5-11)7-14(21)17(15)23-6-2-1-3-10(22)8-23;/h7,9-11H,1-6,8,22H2,(H,26,27);1H/t10-;/m0./s1. The molecule has 6 nitrogen and oxygen atoms in total. The van der Waals surface area contributed by atoms with Crippen LogP contribution in [0.25, 0.3) is 10.9 Å². The highest BCUT2D eigenvalue weighted by Gasteiger charge is 2.30. The van der Waals surface area contributed by atoms with E-state index in [-0.39, 0.29) is 46.2 Å². The number of rotatable bonds is 3. The average molecular weight is 430 g/mol. The molecule has 1 aliphatic heterocycles. The Labute approximate surface area is 172 Å². The lowest BCUT2D eigenvalue weighted by atomic mass is 10.1. The Morgan fingerprint density at radius 2 is 2.00 bits per heavy atom. The summed E-state index contributed by atoms with van der Waals surface area (Å²) in [6, 6.07) is 1.13. The zero-order valence-corrected chi connectivity index (χ0v) is 16.7. The first-order valence-corrected chi connectivity index (χ1v) is 9.57. The minimum atomic E-state index is -1.32. The van der Waals surface area contributed by atoms with Gasteiger partial charge in [0.2, 0.25) is 5.43 Å². The van der Waals surface area contributed by atoms with Crippen LogP contribution in [-0.4, -0.2) is 34.8 Å². The number of nitrogens with zero attached hydrogens (tertiary/aromatic N) is 2. The maximum absolute atomic E-state index is 15.0. The van der Waals surface area contributed by atoms with E-state index in [1.165, 1.54) is 6.20 Å². The highest BCUT2D eigenvalue weighted by molar-refractivity contribution is 6.38. The molecule has 0 amide bonds. The van der Waals surface area contributed by atoms with Gasteiger partial charge in [0.25, 0.3) is 0 Å². The number of aromatic carboxylic acids is 1. The van der Waals surface area contributed by atoms with Crippen molar-refractivity contribution in [1.29, 1.82) is 0 Å². The van der Waals surface area contributed by atoms with Gasteiger partial charge in [0.1, 0.15) is 11.4 Å². The number of hydrogen-bond acceptors (Lipinski definition) is 4. The number of hydrogen-bond donors (Lipinski definition) is 2. The van der Waals surface area contributed by atoms with E-state index in [0.29, 0.717) is 18.6 Å². The third kappa shape index (κ3) is 3.58. The molecule has 0 spiro atoms. The Morgan fingerprint density at radius 1 is 1.29 bits per heavy atom. The SMILES string of the molecule is Cl.N[C@H]1CCCCN(c2c(F)cc3c(=O)c(C(=O)O)cn(C4CC4)c3c2Cl)C1. The summed E-state index contributed by atoms with van der Waals surface area (Å²) >= 11 is 6.63. The molecule has 1 aromatic heterocycles. The van der Waals surface area contributed by atoms with E-state index >= 15 is 4.39 Å². The number of nitrogens with two attached hydrogens (primary N) is 1. The van der Waals surface area contributed by atoms with E-state index in [2.05, 4.69) is 0 Å². The highest BCUT2D eigenvalue weighted by Crippen LogP contribution is 2.42. The van der Waals surface area contributed by atoms with Gasteiger partial charge in [-0.05, 0) is 31.7 Å². The van der Waals surface area contributed by atoms with Gasteiger partial charge in [-0.2, -0.15) is 0 Å². The van der Waals surface area contributed by atoms with Crippen LogP contribution in [0.3, 0.4) is 0 Å². The minimum Gasteiger partial charge on any atom is -0.477 e. The molecule has 1 atom stereocenters. The van der Waals surface area contributed by atoms with Gasteiger partial charge in [0, 0.05) is 31.4 Å². The molecule has 1 aliphatic carbocycles. The van der Waals surface area contributed by atoms with Gasteiger partial charge in [-0.1, -0.05) is 18.0 Å². The maximum atomic E-state index is 15.0. The molecule has 1 saturated carbocycles. The number of carboxylic acids is 1. The summed E-state index contributed by atoms with van der Waals surface area (Å²) in [5.74, 6) is -1.95. The van der Waals surface area contributed by atoms with Gasteiger partial charge < -0.3 is 20.3 Å². The predicted molar refractivity (Wildman–Crippen MR) is 110 cm³/mol. The molecular formula is C19H22Cl2FN3O3. The Bertz CT molecular complexity index is 991. The molecule has 152 valence electrons. The number of pyridine rings is 1. The number of anilines is 1. The Morgan fingerprint density at radius 3 is 2.64 bits per heavy atom. The van der Waals surface area contributed by atoms with E-state index < -0.39 is 17.2 Å². The van der Waals surface area contributed by atoms with Crippen LogP contribution in [0.1, 0.15) is 48.5 Å². The highest BCUT2D eigenvalue weighted by atomic mass is 35.5. The van der Waals surface area contributed by atoms with Crippen LogP contribution in [0.5, 0.6) is 0 Å². The fourth-order valence-corrected chi connectivity index (χ4v) is 4.30. The van der Waals surface area contributed by atoms with Crippen molar-refractivity contribution < 1.29 is 14.3 Å². The fraction of sp³-hybridized carbons (Fsp3) is 0.474. The Hall–Kier alpha value is -1.83. The molecule has 4 rings (SSSR count). The molecule has 2 heterocycles. The largest absolute Gasteiger partial charge is 0.477 e. The average Bonchev–Trinajstić information content (AvgIpc) is 3.44. The number of fused-ring (bicyclic) bond motifs is 1. The molecular weight excluding hydrogens is 408 g/mol. The van der Waals surface area contributed by atoms with Crippen LogP contribution in [0.15, 0.2) is 17.1 Å². The van der Waals surface area contributed by atoms with Crippen LogP contribution in [0, 0.1) is 5.82 Å². The van der Waals surface area contributed by atoms with E-state index in [1.807, 2.05) is 4.90 Å². The van der Waals surface area contributed by atoms with Gasteiger partial charge >= 0.3 is 5.97 Å². The van der Waals surface area contributed by atoms with Crippen molar-refractivity contribution in [3.05, 3.63) is 38.9 Å². The molecule has 0 unspecified atom stereocenters. The summed E-state index contributed by atoms with van der Waals surface area (Å²) in [7, 11) is 0. The van der Waals surface area contributed by atoms with Gasteiger partial charge in [0.05, 0.1) is 21.6 Å². The first-order chi connectivity index (χ1) is 12.9. The molecule has 9 heteroatoms.